The Balaban J connectivity index is 3.26. The topological polar surface area (TPSA) is 46.3 Å². The number of carbonyl (C=O) groups excluding carboxylic acids is 1. The molecule has 0 spiro atoms. The highest BCUT2D eigenvalue weighted by molar-refractivity contribution is 7.79. The zero-order valence-corrected chi connectivity index (χ0v) is 4.41. The molecule has 0 saturated carbocycles. The third kappa shape index (κ3) is 2.17. The summed E-state index contributed by atoms with van der Waals surface area (Å²) in [6.07, 6.45) is 0. The normalized spacial score (nSPS) is 7.67. The number of carbonyl (C=O) groups is 1. The van der Waals surface area contributed by atoms with Crippen molar-refractivity contribution in [3.8, 4) is 0 Å². The summed E-state index contributed by atoms with van der Waals surface area (Å²) in [5.41, 5.74) is 4.51. The van der Waals surface area contributed by atoms with Crippen molar-refractivity contribution < 1.29 is 4.79 Å². The van der Waals surface area contributed by atoms with Crippen LogP contribution >= 0.6 is 24.6 Å². The maximum atomic E-state index is 9.64. The lowest BCUT2D eigenvalue weighted by Crippen LogP contribution is -2.18. The molecule has 0 fully saturated rings. The van der Waals surface area contributed by atoms with E-state index in [1.54, 1.807) is 0 Å². The van der Waals surface area contributed by atoms with Crippen molar-refractivity contribution in [3.63, 3.8) is 0 Å². The van der Waals surface area contributed by atoms with Crippen molar-refractivity contribution in [2.75, 3.05) is 0 Å². The van der Waals surface area contributed by atoms with Crippen LogP contribution in [0.4, 0.5) is 4.79 Å². The molecule has 0 aromatic carbocycles. The largest absolute Gasteiger partial charge is 0.350 e. The number of nitrogens with zero attached hydrogens (tertiary/aromatic N) is 1. The molecule has 0 bridgehead atoms. The smallest absolute Gasteiger partial charge is 0.339 e. The minimum atomic E-state index is -0.778. The van der Waals surface area contributed by atoms with E-state index in [9.17, 15) is 4.79 Å². The molecule has 2 N–H and O–H groups in total. The molecule has 0 aliphatic rings. The van der Waals surface area contributed by atoms with Gasteiger partial charge in [0.1, 0.15) is 0 Å². The molecule has 2 amide bonds. The van der Waals surface area contributed by atoms with Crippen LogP contribution in [0.25, 0.3) is 0 Å². The first-order chi connectivity index (χ1) is 2.64. The molecule has 0 rings (SSSR count). The Hall–Kier alpha value is -0.0900. The second-order valence-electron chi connectivity index (χ2n) is 0.598. The lowest BCUT2D eigenvalue weighted by Gasteiger charge is -1.94. The van der Waals surface area contributed by atoms with Crippen molar-refractivity contribution >= 4 is 30.6 Å². The molecular formula is CH3ClN2OS. The van der Waals surface area contributed by atoms with Crippen LogP contribution in [-0.4, -0.2) is 9.86 Å². The van der Waals surface area contributed by atoms with E-state index in [0.29, 0.717) is 3.82 Å². The van der Waals surface area contributed by atoms with Crippen LogP contribution < -0.4 is 5.73 Å². The Kier molecular flexibility index (Phi) is 2.12. The monoisotopic (exact) mass is 126 g/mol. The summed E-state index contributed by atoms with van der Waals surface area (Å²) in [6.45, 7) is 0. The van der Waals surface area contributed by atoms with Crippen molar-refractivity contribution in [3.05, 3.63) is 0 Å². The Labute approximate surface area is 45.7 Å². The standard InChI is InChI=1S/CH3ClN2OS/c2-4(6)1(3)5/h6H,(H2,3,5). The van der Waals surface area contributed by atoms with Gasteiger partial charge in [-0.25, -0.2) is 4.79 Å². The second kappa shape index (κ2) is 2.15. The summed E-state index contributed by atoms with van der Waals surface area (Å²) in [4.78, 5) is 9.64. The van der Waals surface area contributed by atoms with E-state index in [4.69, 9.17) is 11.8 Å². The van der Waals surface area contributed by atoms with E-state index < -0.39 is 6.03 Å². The van der Waals surface area contributed by atoms with Gasteiger partial charge < -0.3 is 5.73 Å². The second-order valence-corrected chi connectivity index (χ2v) is 1.57. The third-order valence-corrected chi connectivity index (χ3v) is 0.546. The Morgan fingerprint density at radius 3 is 2.17 bits per heavy atom. The molecule has 0 radical (unpaired) electrons. The average molecular weight is 127 g/mol. The van der Waals surface area contributed by atoms with Gasteiger partial charge >= 0.3 is 6.03 Å². The molecule has 0 atom stereocenters. The highest BCUT2D eigenvalue weighted by atomic mass is 35.5. The molecule has 3 nitrogen and oxygen atoms in total. The quantitative estimate of drug-likeness (QED) is 0.358. The fourth-order valence-electron chi connectivity index (χ4n) is 0. The lowest BCUT2D eigenvalue weighted by atomic mass is 11.2. The number of hydrogen-bond acceptors (Lipinski definition) is 2. The van der Waals surface area contributed by atoms with Gasteiger partial charge in [-0.15, -0.1) is 0 Å². The average Bonchev–Trinajstić information content (AvgIpc) is 1.36. The summed E-state index contributed by atoms with van der Waals surface area (Å²) in [6, 6.07) is -0.778. The van der Waals surface area contributed by atoms with Crippen LogP contribution in [0.15, 0.2) is 0 Å². The van der Waals surface area contributed by atoms with Crippen LogP contribution in [0.2, 0.25) is 0 Å². The fourth-order valence-corrected chi connectivity index (χ4v) is 0. The van der Waals surface area contributed by atoms with Crippen LogP contribution in [-0.2, 0) is 0 Å². The molecule has 0 aromatic rings. The summed E-state index contributed by atoms with van der Waals surface area (Å²) in [5.74, 6) is 0. The highest BCUT2D eigenvalue weighted by Gasteiger charge is 1.93. The Morgan fingerprint density at radius 1 is 2.00 bits per heavy atom. The number of amides is 2. The van der Waals surface area contributed by atoms with E-state index in [-0.39, 0.29) is 0 Å². The fraction of sp³-hybridized carbons (Fsp3) is 0. The number of hydrogen-bond donors (Lipinski definition) is 2. The lowest BCUT2D eigenvalue weighted by molar-refractivity contribution is 0.246. The first kappa shape index (κ1) is 5.91. The number of nitrogens with two attached hydrogens (primary N) is 1. The Morgan fingerprint density at radius 2 is 2.17 bits per heavy atom. The molecule has 0 unspecified atom stereocenters. The van der Waals surface area contributed by atoms with Crippen molar-refractivity contribution in [2.45, 2.75) is 0 Å². The van der Waals surface area contributed by atoms with Gasteiger partial charge in [0.15, 0.2) is 0 Å². The van der Waals surface area contributed by atoms with Gasteiger partial charge in [0, 0.05) is 11.8 Å². The van der Waals surface area contributed by atoms with Gasteiger partial charge in [0.05, 0.1) is 0 Å². The van der Waals surface area contributed by atoms with Crippen LogP contribution in [0.5, 0.6) is 0 Å². The van der Waals surface area contributed by atoms with E-state index in [1.165, 1.54) is 0 Å². The van der Waals surface area contributed by atoms with Crippen LogP contribution in [0, 0.1) is 0 Å². The predicted octanol–water partition coefficient (Wildman–Crippen LogP) is 0.366. The maximum absolute atomic E-state index is 9.64. The van der Waals surface area contributed by atoms with Gasteiger partial charge in [0.2, 0.25) is 0 Å². The van der Waals surface area contributed by atoms with Gasteiger partial charge in [-0.2, -0.15) is 3.82 Å². The zero-order valence-electron chi connectivity index (χ0n) is 2.76. The molecular weight excluding hydrogens is 124 g/mol. The van der Waals surface area contributed by atoms with Gasteiger partial charge in [-0.1, -0.05) is 0 Å². The number of rotatable bonds is 0. The summed E-state index contributed by atoms with van der Waals surface area (Å²) >= 11 is 8.15. The molecule has 0 aliphatic carbocycles. The highest BCUT2D eigenvalue weighted by Crippen LogP contribution is 1.93. The minimum absolute atomic E-state index is 0.472. The van der Waals surface area contributed by atoms with Crippen molar-refractivity contribution in [1.29, 1.82) is 0 Å². The number of urea groups is 1. The predicted molar refractivity (Wildman–Crippen MR) is 26.3 cm³/mol. The molecule has 36 valence electrons. The third-order valence-electron chi connectivity index (χ3n) is 0.182. The molecule has 0 aliphatic heterocycles. The number of primary amides is 1. The van der Waals surface area contributed by atoms with Gasteiger partial charge in [-0.3, -0.25) is 0 Å². The van der Waals surface area contributed by atoms with Crippen molar-refractivity contribution in [1.82, 2.24) is 3.82 Å². The zero-order chi connectivity index (χ0) is 5.15. The van der Waals surface area contributed by atoms with E-state index in [0.717, 1.165) is 0 Å². The molecule has 0 saturated heterocycles. The first-order valence-electron chi connectivity index (χ1n) is 1.09. The van der Waals surface area contributed by atoms with Gasteiger partial charge in [-0.05, 0) is 12.8 Å². The van der Waals surface area contributed by atoms with E-state index >= 15 is 0 Å². The molecule has 5 heteroatoms. The van der Waals surface area contributed by atoms with Crippen molar-refractivity contribution in [2.24, 2.45) is 5.73 Å². The van der Waals surface area contributed by atoms with E-state index in [1.807, 2.05) is 0 Å². The van der Waals surface area contributed by atoms with Crippen LogP contribution in [0.3, 0.4) is 0 Å². The summed E-state index contributed by atoms with van der Waals surface area (Å²) in [5, 5.41) is 0. The maximum Gasteiger partial charge on any atom is 0.339 e. The number of halogens is 1. The molecule has 0 aromatic heterocycles. The van der Waals surface area contributed by atoms with E-state index in [2.05, 4.69) is 18.5 Å². The first-order valence-corrected chi connectivity index (χ1v) is 1.82. The van der Waals surface area contributed by atoms with Gasteiger partial charge in [0.25, 0.3) is 0 Å². The molecule has 6 heavy (non-hydrogen) atoms. The Bertz CT molecular complexity index is 64.6. The minimum Gasteiger partial charge on any atom is -0.350 e. The van der Waals surface area contributed by atoms with Crippen LogP contribution in [0.1, 0.15) is 0 Å². The molecule has 0 heterocycles. The summed E-state index contributed by atoms with van der Waals surface area (Å²) in [7, 11) is 0. The number of thiol groups is 1. The summed E-state index contributed by atoms with van der Waals surface area (Å²) < 4.78 is 0.472. The SMILES string of the molecule is NC(=O)N(S)Cl.